The molecule has 4 N–H and O–H groups in total. The summed E-state index contributed by atoms with van der Waals surface area (Å²) in [5, 5.41) is 11.0. The molecule has 0 saturated heterocycles. The molecule has 0 unspecified atom stereocenters. The van der Waals surface area contributed by atoms with Gasteiger partial charge in [0.1, 0.15) is 5.54 Å². The Morgan fingerprint density at radius 3 is 2.20 bits per heavy atom. The fraction of sp³-hybridized carbons (Fsp3) is 0.667. The van der Waals surface area contributed by atoms with E-state index in [-0.39, 0.29) is 0 Å². The second-order valence-corrected chi connectivity index (χ2v) is 4.27. The molecule has 0 bridgehead atoms. The Hall–Kier alpha value is -1.59. The maximum atomic E-state index is 11.5. The number of carbonyl (C=O) groups excluding carboxylic acids is 2. The van der Waals surface area contributed by atoms with E-state index in [0.29, 0.717) is 6.42 Å². The van der Waals surface area contributed by atoms with Crippen molar-refractivity contribution in [3.8, 4) is 0 Å². The SMILES string of the molecule is CC(C)(NC(=O)[C@@H]1C[C@@H]1C(=O)O)C(N)=O. The minimum Gasteiger partial charge on any atom is -0.481 e. The average molecular weight is 214 g/mol. The predicted molar refractivity (Wildman–Crippen MR) is 50.6 cm³/mol. The average Bonchev–Trinajstić information content (AvgIpc) is 2.80. The predicted octanol–water partition coefficient (Wildman–Crippen LogP) is -0.913. The monoisotopic (exact) mass is 214 g/mol. The van der Waals surface area contributed by atoms with Crippen LogP contribution < -0.4 is 11.1 Å². The van der Waals surface area contributed by atoms with Gasteiger partial charge in [-0.1, -0.05) is 0 Å². The zero-order valence-electron chi connectivity index (χ0n) is 8.61. The highest BCUT2D eigenvalue weighted by atomic mass is 16.4. The molecule has 2 atom stereocenters. The molecule has 84 valence electrons. The summed E-state index contributed by atoms with van der Waals surface area (Å²) in [7, 11) is 0. The van der Waals surface area contributed by atoms with Gasteiger partial charge in [0.25, 0.3) is 0 Å². The normalized spacial score (nSPS) is 24.4. The number of hydrogen-bond donors (Lipinski definition) is 3. The standard InChI is InChI=1S/C9H14N2O4/c1-9(2,8(10)15)11-6(12)4-3-5(4)7(13)14/h4-5H,3H2,1-2H3,(H2,10,15)(H,11,12)(H,13,14)/t4-,5+/m1/s1. The smallest absolute Gasteiger partial charge is 0.307 e. The van der Waals surface area contributed by atoms with E-state index in [2.05, 4.69) is 5.32 Å². The van der Waals surface area contributed by atoms with E-state index in [9.17, 15) is 14.4 Å². The van der Waals surface area contributed by atoms with Gasteiger partial charge in [0.05, 0.1) is 11.8 Å². The van der Waals surface area contributed by atoms with Gasteiger partial charge in [0.15, 0.2) is 0 Å². The summed E-state index contributed by atoms with van der Waals surface area (Å²) in [6, 6.07) is 0. The molecule has 0 aromatic heterocycles. The second-order valence-electron chi connectivity index (χ2n) is 4.27. The molecule has 1 aliphatic rings. The fourth-order valence-electron chi connectivity index (χ4n) is 1.22. The Morgan fingerprint density at radius 2 is 1.87 bits per heavy atom. The molecule has 0 aliphatic heterocycles. The molecule has 1 saturated carbocycles. The molecule has 0 spiro atoms. The van der Waals surface area contributed by atoms with Crippen LogP contribution in [0.15, 0.2) is 0 Å². The van der Waals surface area contributed by atoms with Gasteiger partial charge in [-0.05, 0) is 20.3 Å². The first-order chi connectivity index (χ1) is 6.75. The summed E-state index contributed by atoms with van der Waals surface area (Å²) in [5.74, 6) is -3.20. The summed E-state index contributed by atoms with van der Waals surface area (Å²) in [6.07, 6.45) is 0.329. The molecule has 15 heavy (non-hydrogen) atoms. The number of hydrogen-bond acceptors (Lipinski definition) is 3. The fourth-order valence-corrected chi connectivity index (χ4v) is 1.22. The summed E-state index contributed by atoms with van der Waals surface area (Å²) >= 11 is 0. The van der Waals surface area contributed by atoms with Gasteiger partial charge >= 0.3 is 5.97 Å². The molecular formula is C9H14N2O4. The van der Waals surface area contributed by atoms with E-state index in [1.54, 1.807) is 0 Å². The van der Waals surface area contributed by atoms with E-state index in [0.717, 1.165) is 0 Å². The molecule has 0 heterocycles. The van der Waals surface area contributed by atoms with Crippen molar-refractivity contribution in [3.05, 3.63) is 0 Å². The first kappa shape index (κ1) is 11.5. The lowest BCUT2D eigenvalue weighted by molar-refractivity contribution is -0.140. The van der Waals surface area contributed by atoms with Gasteiger partial charge in [-0.15, -0.1) is 0 Å². The Bertz CT molecular complexity index is 324. The van der Waals surface area contributed by atoms with E-state index in [1.165, 1.54) is 13.8 Å². The number of aliphatic carboxylic acids is 1. The van der Waals surface area contributed by atoms with E-state index in [4.69, 9.17) is 10.8 Å². The molecule has 6 nitrogen and oxygen atoms in total. The summed E-state index contributed by atoms with van der Waals surface area (Å²) in [4.78, 5) is 32.9. The summed E-state index contributed by atoms with van der Waals surface area (Å²) in [5.41, 5.74) is 3.93. The molecule has 0 aromatic rings. The molecular weight excluding hydrogens is 200 g/mol. The van der Waals surface area contributed by atoms with Gasteiger partial charge in [-0.2, -0.15) is 0 Å². The lowest BCUT2D eigenvalue weighted by atomic mass is 10.0. The highest BCUT2D eigenvalue weighted by Crippen LogP contribution is 2.38. The van der Waals surface area contributed by atoms with E-state index < -0.39 is 35.2 Å². The summed E-state index contributed by atoms with van der Waals surface area (Å²) < 4.78 is 0. The van der Waals surface area contributed by atoms with Crippen LogP contribution in [0.1, 0.15) is 20.3 Å². The van der Waals surface area contributed by atoms with Crippen molar-refractivity contribution in [2.45, 2.75) is 25.8 Å². The largest absolute Gasteiger partial charge is 0.481 e. The van der Waals surface area contributed by atoms with Crippen LogP contribution in [-0.4, -0.2) is 28.4 Å². The number of rotatable bonds is 4. The Balaban J connectivity index is 2.52. The molecule has 1 fully saturated rings. The third-order valence-corrected chi connectivity index (χ3v) is 2.50. The lowest BCUT2D eigenvalue weighted by Crippen LogP contribution is -2.53. The molecule has 6 heteroatoms. The van der Waals surface area contributed by atoms with E-state index in [1.807, 2.05) is 0 Å². The van der Waals surface area contributed by atoms with Crippen molar-refractivity contribution in [2.75, 3.05) is 0 Å². The zero-order valence-corrected chi connectivity index (χ0v) is 8.61. The zero-order chi connectivity index (χ0) is 11.8. The third-order valence-electron chi connectivity index (χ3n) is 2.50. The Kier molecular flexibility index (Phi) is 2.70. The van der Waals surface area contributed by atoms with Gasteiger partial charge in [0, 0.05) is 0 Å². The van der Waals surface area contributed by atoms with Crippen LogP contribution in [0.3, 0.4) is 0 Å². The quantitative estimate of drug-likeness (QED) is 0.562. The van der Waals surface area contributed by atoms with Crippen molar-refractivity contribution in [3.63, 3.8) is 0 Å². The minimum absolute atomic E-state index is 0.329. The maximum Gasteiger partial charge on any atom is 0.307 e. The number of carboxylic acid groups (broad SMARTS) is 1. The number of carbonyl (C=O) groups is 3. The van der Waals surface area contributed by atoms with Crippen LogP contribution in [0, 0.1) is 11.8 Å². The third kappa shape index (κ3) is 2.45. The highest BCUT2D eigenvalue weighted by Gasteiger charge is 2.49. The van der Waals surface area contributed by atoms with Crippen LogP contribution in [0.25, 0.3) is 0 Å². The number of primary amides is 1. The molecule has 1 rings (SSSR count). The van der Waals surface area contributed by atoms with Gasteiger partial charge in [-0.25, -0.2) is 0 Å². The van der Waals surface area contributed by atoms with Crippen LogP contribution >= 0.6 is 0 Å². The number of nitrogens with two attached hydrogens (primary N) is 1. The molecule has 2 amide bonds. The van der Waals surface area contributed by atoms with Crippen molar-refractivity contribution in [1.82, 2.24) is 5.32 Å². The van der Waals surface area contributed by atoms with Crippen molar-refractivity contribution < 1.29 is 19.5 Å². The number of nitrogens with one attached hydrogen (secondary N) is 1. The van der Waals surface area contributed by atoms with Crippen LogP contribution in [-0.2, 0) is 14.4 Å². The van der Waals surface area contributed by atoms with Crippen LogP contribution in [0.2, 0.25) is 0 Å². The molecule has 1 aliphatic carbocycles. The first-order valence-electron chi connectivity index (χ1n) is 4.60. The maximum absolute atomic E-state index is 11.5. The number of amides is 2. The first-order valence-corrected chi connectivity index (χ1v) is 4.60. The van der Waals surface area contributed by atoms with Gasteiger partial charge < -0.3 is 16.2 Å². The van der Waals surface area contributed by atoms with Crippen molar-refractivity contribution >= 4 is 17.8 Å². The van der Waals surface area contributed by atoms with Crippen molar-refractivity contribution in [2.24, 2.45) is 17.6 Å². The highest BCUT2D eigenvalue weighted by molar-refractivity contribution is 5.94. The van der Waals surface area contributed by atoms with Crippen molar-refractivity contribution in [1.29, 1.82) is 0 Å². The van der Waals surface area contributed by atoms with Gasteiger partial charge in [0.2, 0.25) is 11.8 Å². The Labute approximate surface area is 86.8 Å². The minimum atomic E-state index is -1.14. The molecule has 0 aromatic carbocycles. The van der Waals surface area contributed by atoms with Gasteiger partial charge in [-0.3, -0.25) is 14.4 Å². The van der Waals surface area contributed by atoms with Crippen LogP contribution in [0.5, 0.6) is 0 Å². The summed E-state index contributed by atoms with van der Waals surface area (Å²) in [6.45, 7) is 2.96. The Morgan fingerprint density at radius 1 is 1.33 bits per heavy atom. The topological polar surface area (TPSA) is 109 Å². The molecule has 0 radical (unpaired) electrons. The number of carboxylic acids is 1. The lowest BCUT2D eigenvalue weighted by Gasteiger charge is -2.22. The second kappa shape index (κ2) is 3.52. The van der Waals surface area contributed by atoms with Crippen LogP contribution in [0.4, 0.5) is 0 Å². The van der Waals surface area contributed by atoms with E-state index >= 15 is 0 Å².